The maximum Gasteiger partial charge on any atom is 0.263 e. The summed E-state index contributed by atoms with van der Waals surface area (Å²) in [4.78, 5) is 34.3. The predicted molar refractivity (Wildman–Crippen MR) is 121 cm³/mol. The minimum absolute atomic E-state index is 0.0883. The van der Waals surface area contributed by atoms with E-state index >= 15 is 0 Å². The molecule has 3 aromatic rings. The summed E-state index contributed by atoms with van der Waals surface area (Å²) >= 11 is 0. The van der Waals surface area contributed by atoms with E-state index in [4.69, 9.17) is 9.47 Å². The van der Waals surface area contributed by atoms with Gasteiger partial charge in [0.25, 0.3) is 5.56 Å². The summed E-state index contributed by atoms with van der Waals surface area (Å²) < 4.78 is 11.9. The summed E-state index contributed by atoms with van der Waals surface area (Å²) in [5, 5.41) is 3.33. The fourth-order valence-corrected chi connectivity index (χ4v) is 4.14. The van der Waals surface area contributed by atoms with Gasteiger partial charge < -0.3 is 14.8 Å². The molecule has 2 aromatic heterocycles. The summed E-state index contributed by atoms with van der Waals surface area (Å²) in [7, 11) is 3.20. The van der Waals surface area contributed by atoms with Crippen molar-refractivity contribution in [3.63, 3.8) is 0 Å². The molecule has 0 spiro atoms. The zero-order chi connectivity index (χ0) is 22.7. The molecule has 32 heavy (non-hydrogen) atoms. The van der Waals surface area contributed by atoms with Crippen LogP contribution in [0.4, 0.5) is 0 Å². The van der Waals surface area contributed by atoms with Gasteiger partial charge in [-0.05, 0) is 54.9 Å². The molecule has 1 N–H and O–H groups in total. The number of pyridine rings is 1. The molecule has 1 aliphatic rings. The molecule has 168 valence electrons. The number of methoxy groups -OCH3 is 2. The van der Waals surface area contributed by atoms with Crippen LogP contribution in [0.15, 0.2) is 35.4 Å². The molecule has 2 heterocycles. The van der Waals surface area contributed by atoms with Gasteiger partial charge in [-0.2, -0.15) is 0 Å². The molecule has 0 saturated carbocycles. The number of carbonyl (C=O) groups excluding carboxylic acids is 1. The van der Waals surface area contributed by atoms with Crippen LogP contribution in [-0.4, -0.2) is 41.2 Å². The van der Waals surface area contributed by atoms with E-state index in [1.165, 1.54) is 10.9 Å². The van der Waals surface area contributed by atoms with E-state index in [9.17, 15) is 9.59 Å². The highest BCUT2D eigenvalue weighted by atomic mass is 16.5. The van der Waals surface area contributed by atoms with Crippen LogP contribution < -0.4 is 20.3 Å². The lowest BCUT2D eigenvalue weighted by Crippen LogP contribution is -2.33. The number of hydrogen-bond acceptors (Lipinski definition) is 6. The standard InChI is InChI=1S/C24H28N4O4/c1-15-4-7-20-17(10-15)11-19-23(27-20)26-14-28(24(19)30)13-22(29)25-9-8-16-5-6-18(31-2)12-21(16)32-3/h5-6,11-12,14-15H,4,7-10,13H2,1-3H3,(H,25,29). The van der Waals surface area contributed by atoms with Crippen molar-refractivity contribution in [2.45, 2.75) is 39.2 Å². The Labute approximate surface area is 186 Å². The first-order chi connectivity index (χ1) is 15.5. The number of aryl methyl sites for hydroxylation is 1. The summed E-state index contributed by atoms with van der Waals surface area (Å²) in [5.41, 5.74) is 3.32. The molecule has 8 nitrogen and oxygen atoms in total. The molecule has 0 bridgehead atoms. The van der Waals surface area contributed by atoms with Crippen molar-refractivity contribution < 1.29 is 14.3 Å². The van der Waals surface area contributed by atoms with Gasteiger partial charge in [-0.1, -0.05) is 13.0 Å². The van der Waals surface area contributed by atoms with Crippen molar-refractivity contribution in [2.24, 2.45) is 5.92 Å². The first kappa shape index (κ1) is 21.8. The number of nitrogens with one attached hydrogen (secondary N) is 1. The molecular weight excluding hydrogens is 408 g/mol. The van der Waals surface area contributed by atoms with E-state index < -0.39 is 0 Å². The summed E-state index contributed by atoms with van der Waals surface area (Å²) in [5.74, 6) is 1.75. The smallest absolute Gasteiger partial charge is 0.263 e. The predicted octanol–water partition coefficient (Wildman–Crippen LogP) is 2.29. The lowest BCUT2D eigenvalue weighted by atomic mass is 9.87. The van der Waals surface area contributed by atoms with Crippen molar-refractivity contribution in [1.82, 2.24) is 19.9 Å². The molecule has 1 aliphatic carbocycles. The maximum atomic E-state index is 12.9. The fourth-order valence-electron chi connectivity index (χ4n) is 4.14. The number of rotatable bonds is 7. The zero-order valence-electron chi connectivity index (χ0n) is 18.7. The van der Waals surface area contributed by atoms with E-state index in [1.54, 1.807) is 14.2 Å². The first-order valence-electron chi connectivity index (χ1n) is 10.8. The molecule has 0 radical (unpaired) electrons. The van der Waals surface area contributed by atoms with Gasteiger partial charge in [0.15, 0.2) is 5.65 Å². The second-order valence-corrected chi connectivity index (χ2v) is 8.27. The maximum absolute atomic E-state index is 12.9. The topological polar surface area (TPSA) is 95.3 Å². The molecule has 1 aromatic carbocycles. The molecule has 1 unspecified atom stereocenters. The van der Waals surface area contributed by atoms with Gasteiger partial charge in [0.05, 0.1) is 19.6 Å². The monoisotopic (exact) mass is 436 g/mol. The van der Waals surface area contributed by atoms with Crippen molar-refractivity contribution >= 4 is 16.9 Å². The quantitative estimate of drug-likeness (QED) is 0.611. The third-order valence-electron chi connectivity index (χ3n) is 5.95. The fraction of sp³-hybridized carbons (Fsp3) is 0.417. The van der Waals surface area contributed by atoms with Crippen molar-refractivity contribution in [3.05, 3.63) is 57.8 Å². The molecule has 0 aliphatic heterocycles. The Hall–Kier alpha value is -3.42. The van der Waals surface area contributed by atoms with Crippen LogP contribution in [0.3, 0.4) is 0 Å². The van der Waals surface area contributed by atoms with E-state index in [0.717, 1.165) is 36.1 Å². The number of carbonyl (C=O) groups is 1. The third-order valence-corrected chi connectivity index (χ3v) is 5.95. The van der Waals surface area contributed by atoms with Crippen LogP contribution in [0.1, 0.15) is 30.2 Å². The first-order valence-corrected chi connectivity index (χ1v) is 10.8. The molecule has 1 atom stereocenters. The van der Waals surface area contributed by atoms with Gasteiger partial charge in [-0.3, -0.25) is 14.2 Å². The van der Waals surface area contributed by atoms with Gasteiger partial charge >= 0.3 is 0 Å². The molecule has 0 saturated heterocycles. The number of amides is 1. The Kier molecular flexibility index (Phi) is 6.39. The van der Waals surface area contributed by atoms with Crippen LogP contribution in [0, 0.1) is 5.92 Å². The average Bonchev–Trinajstić information content (AvgIpc) is 2.80. The SMILES string of the molecule is COc1ccc(CCNC(=O)Cn2cnc3nc4c(cc3c2=O)CC(C)CC4)c(OC)c1. The molecule has 1 amide bonds. The average molecular weight is 437 g/mol. The van der Waals surface area contributed by atoms with E-state index in [0.29, 0.717) is 41.4 Å². The number of nitrogens with zero attached hydrogens (tertiary/aromatic N) is 3. The third kappa shape index (κ3) is 4.59. The van der Waals surface area contributed by atoms with Gasteiger partial charge in [0, 0.05) is 18.3 Å². The number of hydrogen-bond donors (Lipinski definition) is 1. The highest BCUT2D eigenvalue weighted by Gasteiger charge is 2.19. The largest absolute Gasteiger partial charge is 0.497 e. The Morgan fingerprint density at radius 2 is 2.09 bits per heavy atom. The van der Waals surface area contributed by atoms with E-state index in [2.05, 4.69) is 22.2 Å². The molecule has 0 fully saturated rings. The van der Waals surface area contributed by atoms with Gasteiger partial charge in [0.1, 0.15) is 24.4 Å². The van der Waals surface area contributed by atoms with Gasteiger partial charge in [-0.25, -0.2) is 9.97 Å². The number of benzene rings is 1. The Balaban J connectivity index is 1.42. The molecule has 4 rings (SSSR count). The summed E-state index contributed by atoms with van der Waals surface area (Å²) in [6, 6.07) is 7.49. The minimum Gasteiger partial charge on any atom is -0.497 e. The minimum atomic E-state index is -0.250. The van der Waals surface area contributed by atoms with Crippen LogP contribution in [0.25, 0.3) is 11.0 Å². The normalized spacial score (nSPS) is 15.3. The number of ether oxygens (including phenoxy) is 2. The van der Waals surface area contributed by atoms with Crippen molar-refractivity contribution in [1.29, 1.82) is 0 Å². The Bertz CT molecular complexity index is 1200. The van der Waals surface area contributed by atoms with E-state index in [-0.39, 0.29) is 18.0 Å². The summed E-state index contributed by atoms with van der Waals surface area (Å²) in [6.45, 7) is 2.54. The zero-order valence-corrected chi connectivity index (χ0v) is 18.7. The second kappa shape index (κ2) is 9.38. The van der Waals surface area contributed by atoms with Crippen LogP contribution in [0.2, 0.25) is 0 Å². The van der Waals surface area contributed by atoms with Crippen molar-refractivity contribution in [2.75, 3.05) is 20.8 Å². The van der Waals surface area contributed by atoms with Gasteiger partial charge in [-0.15, -0.1) is 0 Å². The van der Waals surface area contributed by atoms with Crippen LogP contribution in [-0.2, 0) is 30.6 Å². The molecular formula is C24H28N4O4. The van der Waals surface area contributed by atoms with Crippen LogP contribution in [0.5, 0.6) is 11.5 Å². The summed E-state index contributed by atoms with van der Waals surface area (Å²) in [6.07, 6.45) is 4.94. The number of fused-ring (bicyclic) bond motifs is 2. The van der Waals surface area contributed by atoms with Gasteiger partial charge in [0.2, 0.25) is 5.91 Å². The number of aromatic nitrogens is 3. The Morgan fingerprint density at radius 1 is 1.25 bits per heavy atom. The highest BCUT2D eigenvalue weighted by molar-refractivity contribution is 5.77. The lowest BCUT2D eigenvalue weighted by molar-refractivity contribution is -0.121. The highest BCUT2D eigenvalue weighted by Crippen LogP contribution is 2.26. The lowest BCUT2D eigenvalue weighted by Gasteiger charge is -2.20. The molecule has 8 heteroatoms. The van der Waals surface area contributed by atoms with Crippen LogP contribution >= 0.6 is 0 Å². The second-order valence-electron chi connectivity index (χ2n) is 8.27. The van der Waals surface area contributed by atoms with E-state index in [1.807, 2.05) is 24.3 Å². The Morgan fingerprint density at radius 3 is 2.88 bits per heavy atom. The van der Waals surface area contributed by atoms with Crippen molar-refractivity contribution in [3.8, 4) is 11.5 Å².